The van der Waals surface area contributed by atoms with Crippen molar-refractivity contribution in [2.24, 2.45) is 0 Å². The first-order valence-corrected chi connectivity index (χ1v) is 17.0. The molecule has 0 unspecified atom stereocenters. The van der Waals surface area contributed by atoms with E-state index in [4.69, 9.17) is 61.1 Å². The van der Waals surface area contributed by atoms with E-state index in [0.717, 1.165) is 12.2 Å². The van der Waals surface area contributed by atoms with Crippen LogP contribution in [0.5, 0.6) is 11.5 Å². The number of carbonyl (C=O) groups is 5. The minimum absolute atomic E-state index is 0.00638. The molecule has 3 rings (SSSR count). The molecule has 0 atom stereocenters. The van der Waals surface area contributed by atoms with Crippen molar-refractivity contribution in [3.05, 3.63) is 82.9 Å². The highest BCUT2D eigenvalue weighted by Crippen LogP contribution is 2.30. The molecule has 1 aliphatic carbocycles. The molecule has 1 aliphatic rings. The largest absolute Gasteiger partial charge is 0.513 e. The SMILES string of the molecule is C=CC(=O)OCCCCOCOc1ccc(C(=O)O[C@H]2CC[C@H](OC(=O)c3ccc(OC(=O)OCCCCOC(=O)C=C)c(Cl)c3)CC2)cc1Cl. The van der Waals surface area contributed by atoms with Crippen LogP contribution in [0.4, 0.5) is 4.79 Å². The average molecular weight is 752 g/mol. The van der Waals surface area contributed by atoms with Crippen LogP contribution in [-0.4, -0.2) is 75.5 Å². The lowest BCUT2D eigenvalue weighted by Crippen LogP contribution is -2.29. The number of carbonyl (C=O) groups excluding carboxylic acids is 5. The van der Waals surface area contributed by atoms with Crippen molar-refractivity contribution in [1.82, 2.24) is 0 Å². The summed E-state index contributed by atoms with van der Waals surface area (Å²) in [6.07, 6.45) is 4.61. The molecule has 1 saturated carbocycles. The van der Waals surface area contributed by atoms with Crippen LogP contribution in [0.25, 0.3) is 0 Å². The topological polar surface area (TPSA) is 159 Å². The third-order valence-electron chi connectivity index (χ3n) is 7.26. The Hall–Kier alpha value is -4.59. The van der Waals surface area contributed by atoms with Gasteiger partial charge in [-0.15, -0.1) is 0 Å². The van der Waals surface area contributed by atoms with Gasteiger partial charge in [-0.1, -0.05) is 36.4 Å². The number of rotatable bonds is 20. The molecule has 2 aromatic rings. The van der Waals surface area contributed by atoms with Crippen molar-refractivity contribution in [1.29, 1.82) is 0 Å². The van der Waals surface area contributed by atoms with E-state index in [-0.39, 0.29) is 65.7 Å². The predicted octanol–water partition coefficient (Wildman–Crippen LogP) is 7.21. The van der Waals surface area contributed by atoms with Crippen LogP contribution in [0.3, 0.4) is 0 Å². The minimum Gasteiger partial charge on any atom is -0.466 e. The zero-order valence-corrected chi connectivity index (χ0v) is 29.5. The lowest BCUT2D eigenvalue weighted by Gasteiger charge is -2.28. The Labute approximate surface area is 305 Å². The highest BCUT2D eigenvalue weighted by atomic mass is 35.5. The van der Waals surface area contributed by atoms with Crippen LogP contribution in [0, 0.1) is 0 Å². The zero-order chi connectivity index (χ0) is 37.0. The van der Waals surface area contributed by atoms with Crippen LogP contribution in [0.2, 0.25) is 10.0 Å². The van der Waals surface area contributed by atoms with Gasteiger partial charge in [0.2, 0.25) is 0 Å². The van der Waals surface area contributed by atoms with E-state index >= 15 is 0 Å². The summed E-state index contributed by atoms with van der Waals surface area (Å²) in [5, 5.41) is 0.232. The van der Waals surface area contributed by atoms with Crippen LogP contribution < -0.4 is 9.47 Å². The number of ether oxygens (including phenoxy) is 8. The Morgan fingerprint density at radius 2 is 1.10 bits per heavy atom. The van der Waals surface area contributed by atoms with Crippen molar-refractivity contribution in [2.45, 2.75) is 63.6 Å². The lowest BCUT2D eigenvalue weighted by atomic mass is 9.95. The highest BCUT2D eigenvalue weighted by Gasteiger charge is 2.27. The van der Waals surface area contributed by atoms with E-state index in [1.54, 1.807) is 12.1 Å². The summed E-state index contributed by atoms with van der Waals surface area (Å²) >= 11 is 12.5. The molecule has 13 nitrogen and oxygen atoms in total. The molecule has 0 amide bonds. The van der Waals surface area contributed by atoms with Crippen LogP contribution in [0.1, 0.15) is 72.1 Å². The molecule has 0 N–H and O–H groups in total. The molecule has 51 heavy (non-hydrogen) atoms. The summed E-state index contributed by atoms with van der Waals surface area (Å²) in [4.78, 5) is 59.5. The number of benzene rings is 2. The summed E-state index contributed by atoms with van der Waals surface area (Å²) in [6, 6.07) is 8.67. The minimum atomic E-state index is -0.974. The second-order valence-electron chi connectivity index (χ2n) is 11.0. The second-order valence-corrected chi connectivity index (χ2v) is 11.8. The summed E-state index contributed by atoms with van der Waals surface area (Å²) in [5.74, 6) is -1.78. The first-order chi connectivity index (χ1) is 24.6. The molecule has 2 aromatic carbocycles. The average Bonchev–Trinajstić information content (AvgIpc) is 3.12. The third-order valence-corrected chi connectivity index (χ3v) is 7.85. The third kappa shape index (κ3) is 15.0. The standard InChI is InChI=1S/C36H40Cl2O13/c1-3-32(39)45-18-6-5-17-44-23-48-30-15-9-24(21-28(30)37)34(41)49-26-11-13-27(14-12-26)50-35(42)25-10-16-31(29(38)22-25)51-36(43)47-20-8-7-19-46-33(40)4-2/h3-4,9-10,15-16,21-22,26-27H,1-2,5-8,11-14,17-20,23H2/t26-,27-. The Kier molecular flexibility index (Phi) is 17.8. The fourth-order valence-electron chi connectivity index (χ4n) is 4.57. The Morgan fingerprint density at radius 1 is 0.647 bits per heavy atom. The molecule has 0 saturated heterocycles. The summed E-state index contributed by atoms with van der Waals surface area (Å²) in [6.45, 7) is 7.47. The van der Waals surface area contributed by atoms with E-state index in [1.807, 2.05) is 0 Å². The van der Waals surface area contributed by atoms with E-state index < -0.39 is 30.0 Å². The second kappa shape index (κ2) is 22.3. The first-order valence-electron chi connectivity index (χ1n) is 16.2. The van der Waals surface area contributed by atoms with Crippen LogP contribution in [0.15, 0.2) is 61.7 Å². The van der Waals surface area contributed by atoms with Gasteiger partial charge in [0, 0.05) is 12.2 Å². The number of hydrogen-bond donors (Lipinski definition) is 0. The lowest BCUT2D eigenvalue weighted by molar-refractivity contribution is -0.138. The molecule has 0 bridgehead atoms. The van der Waals surface area contributed by atoms with Gasteiger partial charge in [-0.05, 0) is 87.8 Å². The van der Waals surface area contributed by atoms with Crippen molar-refractivity contribution in [2.75, 3.05) is 33.2 Å². The predicted molar refractivity (Wildman–Crippen MR) is 184 cm³/mol. The van der Waals surface area contributed by atoms with Gasteiger partial charge in [0.05, 0.1) is 47.6 Å². The Morgan fingerprint density at radius 3 is 1.57 bits per heavy atom. The fourth-order valence-corrected chi connectivity index (χ4v) is 5.03. The van der Waals surface area contributed by atoms with Crippen molar-refractivity contribution in [3.8, 4) is 11.5 Å². The smallest absolute Gasteiger partial charge is 0.466 e. The molecule has 1 fully saturated rings. The molecule has 0 aromatic heterocycles. The molecule has 0 radical (unpaired) electrons. The fraction of sp³-hybridized carbons (Fsp3) is 0.417. The van der Waals surface area contributed by atoms with Gasteiger partial charge in [-0.3, -0.25) is 0 Å². The van der Waals surface area contributed by atoms with Gasteiger partial charge in [-0.25, -0.2) is 24.0 Å². The monoisotopic (exact) mass is 750 g/mol. The van der Waals surface area contributed by atoms with E-state index in [0.29, 0.717) is 63.7 Å². The van der Waals surface area contributed by atoms with Crippen LogP contribution in [-0.2, 0) is 38.0 Å². The molecular weight excluding hydrogens is 711 g/mol. The van der Waals surface area contributed by atoms with Gasteiger partial charge in [0.25, 0.3) is 0 Å². The van der Waals surface area contributed by atoms with Gasteiger partial charge < -0.3 is 37.9 Å². The summed E-state index contributed by atoms with van der Waals surface area (Å²) < 4.78 is 42.0. The van der Waals surface area contributed by atoms with Gasteiger partial charge in [0.1, 0.15) is 18.0 Å². The van der Waals surface area contributed by atoms with Gasteiger partial charge in [-0.2, -0.15) is 0 Å². The Balaban J connectivity index is 1.33. The van der Waals surface area contributed by atoms with Crippen molar-refractivity contribution < 1.29 is 61.9 Å². The van der Waals surface area contributed by atoms with E-state index in [1.165, 1.54) is 24.3 Å². The summed E-state index contributed by atoms with van der Waals surface area (Å²) in [7, 11) is 0. The van der Waals surface area contributed by atoms with Crippen molar-refractivity contribution >= 4 is 53.2 Å². The van der Waals surface area contributed by atoms with Crippen molar-refractivity contribution in [3.63, 3.8) is 0 Å². The van der Waals surface area contributed by atoms with Gasteiger partial charge >= 0.3 is 30.0 Å². The zero-order valence-electron chi connectivity index (χ0n) is 27.9. The number of unbranched alkanes of at least 4 members (excludes halogenated alkanes) is 2. The molecular formula is C36H40Cl2O13. The van der Waals surface area contributed by atoms with E-state index in [9.17, 15) is 24.0 Å². The van der Waals surface area contributed by atoms with Crippen LogP contribution >= 0.6 is 23.2 Å². The molecule has 0 spiro atoms. The molecule has 0 heterocycles. The maximum absolute atomic E-state index is 12.8. The number of halogens is 2. The number of esters is 4. The Bertz CT molecular complexity index is 1520. The maximum Gasteiger partial charge on any atom is 0.513 e. The van der Waals surface area contributed by atoms with Gasteiger partial charge in [0.15, 0.2) is 12.5 Å². The maximum atomic E-state index is 12.8. The molecule has 276 valence electrons. The highest BCUT2D eigenvalue weighted by molar-refractivity contribution is 6.32. The number of hydrogen-bond acceptors (Lipinski definition) is 13. The normalized spacial score (nSPS) is 15.1. The van der Waals surface area contributed by atoms with E-state index in [2.05, 4.69) is 13.2 Å². The summed E-state index contributed by atoms with van der Waals surface area (Å²) in [5.41, 5.74) is 0.431. The first kappa shape index (κ1) is 40.8. The molecule has 0 aliphatic heterocycles. The quantitative estimate of drug-likeness (QED) is 0.0334. The molecule has 15 heteroatoms.